The largest absolute Gasteiger partial charge is 0.466 e. The number of halogens is 1. The van der Waals surface area contributed by atoms with Gasteiger partial charge in [-0.1, -0.05) is 15.9 Å². The number of rotatable bonds is 1. The van der Waals surface area contributed by atoms with E-state index in [1.165, 1.54) is 4.90 Å². The molecule has 2 aliphatic rings. The molecule has 0 saturated carbocycles. The fourth-order valence-electron chi connectivity index (χ4n) is 3.93. The summed E-state index contributed by atoms with van der Waals surface area (Å²) in [5.41, 5.74) is 1.32. The number of benzene rings is 2. The minimum atomic E-state index is -0.985. The summed E-state index contributed by atoms with van der Waals surface area (Å²) in [4.78, 5) is 35.5. The number of imidazole rings is 1. The molecule has 8 heteroatoms. The number of carbonyl (C=O) groups is 2. The molecule has 0 radical (unpaired) electrons. The van der Waals surface area contributed by atoms with E-state index in [4.69, 9.17) is 4.74 Å². The van der Waals surface area contributed by atoms with E-state index in [-0.39, 0.29) is 11.8 Å². The van der Waals surface area contributed by atoms with Gasteiger partial charge in [-0.25, -0.2) is 9.88 Å². The quantitative estimate of drug-likeness (QED) is 0.567. The van der Waals surface area contributed by atoms with Gasteiger partial charge >= 0.3 is 0 Å². The van der Waals surface area contributed by atoms with Gasteiger partial charge in [-0.3, -0.25) is 9.59 Å². The second-order valence-electron chi connectivity index (χ2n) is 7.02. The highest BCUT2D eigenvalue weighted by Gasteiger charge is 2.51. The third-order valence-corrected chi connectivity index (χ3v) is 5.83. The van der Waals surface area contributed by atoms with E-state index in [0.29, 0.717) is 48.3 Å². The molecule has 1 aromatic heterocycles. The topological polar surface area (TPSA) is 87.3 Å². The summed E-state index contributed by atoms with van der Waals surface area (Å²) < 4.78 is 7.07. The standard InChI is InChI=1S/C20H17BrN4O3/c21-13-2-4-17-14(10-13)19(27)25(20(28-17)5-7-22-8-6-20)18(26)12-1-3-15-16(9-12)24-11-23-15/h1-4,9-11,22H,5-8H2,(H,23,24). The summed E-state index contributed by atoms with van der Waals surface area (Å²) >= 11 is 3.40. The Labute approximate surface area is 169 Å². The molecule has 2 aromatic carbocycles. The van der Waals surface area contributed by atoms with Crippen molar-refractivity contribution in [3.05, 3.63) is 58.3 Å². The molecule has 3 heterocycles. The van der Waals surface area contributed by atoms with Crippen LogP contribution in [-0.2, 0) is 0 Å². The fourth-order valence-corrected chi connectivity index (χ4v) is 4.29. The first-order valence-electron chi connectivity index (χ1n) is 9.09. The van der Waals surface area contributed by atoms with E-state index in [2.05, 4.69) is 31.2 Å². The Bertz CT molecular complexity index is 1100. The summed E-state index contributed by atoms with van der Waals surface area (Å²) in [6.45, 7) is 1.34. The van der Waals surface area contributed by atoms with Crippen LogP contribution in [0.1, 0.15) is 33.6 Å². The molecule has 0 atom stereocenters. The highest BCUT2D eigenvalue weighted by molar-refractivity contribution is 9.10. The van der Waals surface area contributed by atoms with E-state index >= 15 is 0 Å². The lowest BCUT2D eigenvalue weighted by Gasteiger charge is -2.47. The van der Waals surface area contributed by atoms with E-state index in [1.54, 1.807) is 36.7 Å². The number of fused-ring (bicyclic) bond motifs is 2. The molecule has 1 spiro atoms. The van der Waals surface area contributed by atoms with Crippen LogP contribution < -0.4 is 10.1 Å². The first-order valence-corrected chi connectivity index (χ1v) is 9.88. The van der Waals surface area contributed by atoms with Gasteiger partial charge in [0, 0.05) is 36.0 Å². The number of aromatic amines is 1. The molecule has 5 rings (SSSR count). The molecule has 0 bridgehead atoms. The van der Waals surface area contributed by atoms with E-state index in [1.807, 2.05) is 6.07 Å². The fraction of sp³-hybridized carbons (Fsp3) is 0.250. The van der Waals surface area contributed by atoms with Crippen LogP contribution in [0.5, 0.6) is 5.75 Å². The molecular weight excluding hydrogens is 424 g/mol. The summed E-state index contributed by atoms with van der Waals surface area (Å²) in [5.74, 6) is -0.194. The van der Waals surface area contributed by atoms with Gasteiger partial charge in [0.05, 0.1) is 22.9 Å². The smallest absolute Gasteiger partial charge is 0.267 e. The van der Waals surface area contributed by atoms with Gasteiger partial charge in [-0.15, -0.1) is 0 Å². The molecule has 0 unspecified atom stereocenters. The van der Waals surface area contributed by atoms with Crippen molar-refractivity contribution in [2.45, 2.75) is 18.6 Å². The number of H-pyrrole nitrogens is 1. The van der Waals surface area contributed by atoms with Crippen LogP contribution in [0.3, 0.4) is 0 Å². The number of imide groups is 1. The van der Waals surface area contributed by atoms with Crippen molar-refractivity contribution in [2.24, 2.45) is 0 Å². The Morgan fingerprint density at radius 2 is 2.00 bits per heavy atom. The zero-order valence-electron chi connectivity index (χ0n) is 14.9. The number of ether oxygens (including phenoxy) is 1. The molecular formula is C20H17BrN4O3. The normalized spacial score (nSPS) is 18.2. The average Bonchev–Trinajstić information content (AvgIpc) is 3.17. The molecule has 28 heavy (non-hydrogen) atoms. The van der Waals surface area contributed by atoms with Crippen molar-refractivity contribution >= 4 is 38.8 Å². The Balaban J connectivity index is 1.63. The summed E-state index contributed by atoms with van der Waals surface area (Å²) in [7, 11) is 0. The Morgan fingerprint density at radius 3 is 2.82 bits per heavy atom. The number of amides is 2. The molecule has 142 valence electrons. The van der Waals surface area contributed by atoms with Gasteiger partial charge in [0.2, 0.25) is 0 Å². The predicted octanol–water partition coefficient (Wildman–Crippen LogP) is 3.08. The van der Waals surface area contributed by atoms with Gasteiger partial charge in [0.1, 0.15) is 5.75 Å². The van der Waals surface area contributed by atoms with Crippen LogP contribution in [0.15, 0.2) is 47.2 Å². The van der Waals surface area contributed by atoms with Gasteiger partial charge in [0.15, 0.2) is 5.72 Å². The molecule has 2 N–H and O–H groups in total. The lowest BCUT2D eigenvalue weighted by Crippen LogP contribution is -2.64. The molecule has 7 nitrogen and oxygen atoms in total. The van der Waals surface area contributed by atoms with Crippen LogP contribution in [0.4, 0.5) is 0 Å². The van der Waals surface area contributed by atoms with Crippen LogP contribution in [-0.4, -0.2) is 45.5 Å². The van der Waals surface area contributed by atoms with Crippen molar-refractivity contribution in [3.8, 4) is 5.75 Å². The van der Waals surface area contributed by atoms with E-state index in [9.17, 15) is 9.59 Å². The van der Waals surface area contributed by atoms with E-state index in [0.717, 1.165) is 9.99 Å². The number of carbonyl (C=O) groups excluding carboxylic acids is 2. The lowest BCUT2D eigenvalue weighted by atomic mass is 9.94. The maximum Gasteiger partial charge on any atom is 0.267 e. The molecule has 2 aliphatic heterocycles. The number of hydrogen-bond acceptors (Lipinski definition) is 5. The maximum atomic E-state index is 13.5. The number of hydrogen-bond donors (Lipinski definition) is 2. The first-order chi connectivity index (χ1) is 13.6. The van der Waals surface area contributed by atoms with Crippen LogP contribution in [0.25, 0.3) is 11.0 Å². The van der Waals surface area contributed by atoms with Gasteiger partial charge in [-0.2, -0.15) is 0 Å². The second-order valence-corrected chi connectivity index (χ2v) is 7.93. The number of aromatic nitrogens is 2. The lowest BCUT2D eigenvalue weighted by molar-refractivity contribution is -0.0776. The highest BCUT2D eigenvalue weighted by atomic mass is 79.9. The SMILES string of the molecule is O=C(c1ccc2[nH]cnc2c1)N1C(=O)c2cc(Br)ccc2OC12CCNCC2. The van der Waals surface area contributed by atoms with Crippen molar-refractivity contribution < 1.29 is 14.3 Å². The number of nitrogens with one attached hydrogen (secondary N) is 2. The summed E-state index contributed by atoms with van der Waals surface area (Å²) in [6, 6.07) is 10.5. The summed E-state index contributed by atoms with van der Waals surface area (Å²) in [6.07, 6.45) is 2.64. The van der Waals surface area contributed by atoms with Crippen LogP contribution in [0.2, 0.25) is 0 Å². The third-order valence-electron chi connectivity index (χ3n) is 5.34. The minimum absolute atomic E-state index is 0.337. The molecule has 2 amide bonds. The van der Waals surface area contributed by atoms with E-state index < -0.39 is 5.72 Å². The second kappa shape index (κ2) is 6.42. The highest BCUT2D eigenvalue weighted by Crippen LogP contribution is 2.40. The van der Waals surface area contributed by atoms with Gasteiger partial charge in [-0.05, 0) is 36.4 Å². The molecule has 0 aliphatic carbocycles. The predicted molar refractivity (Wildman–Crippen MR) is 106 cm³/mol. The minimum Gasteiger partial charge on any atom is -0.466 e. The average molecular weight is 441 g/mol. The van der Waals surface area contributed by atoms with Crippen LogP contribution >= 0.6 is 15.9 Å². The molecule has 1 saturated heterocycles. The zero-order valence-corrected chi connectivity index (χ0v) is 16.5. The number of nitrogens with zero attached hydrogens (tertiary/aromatic N) is 2. The van der Waals surface area contributed by atoms with Crippen molar-refractivity contribution in [3.63, 3.8) is 0 Å². The Kier molecular flexibility index (Phi) is 3.99. The maximum absolute atomic E-state index is 13.5. The van der Waals surface area contributed by atoms with Gasteiger partial charge < -0.3 is 15.0 Å². The van der Waals surface area contributed by atoms with Crippen molar-refractivity contribution in [1.82, 2.24) is 20.2 Å². The Hall–Kier alpha value is -2.71. The van der Waals surface area contributed by atoms with Gasteiger partial charge in [0.25, 0.3) is 11.8 Å². The van der Waals surface area contributed by atoms with Crippen molar-refractivity contribution in [1.29, 1.82) is 0 Å². The summed E-state index contributed by atoms with van der Waals surface area (Å²) in [5, 5.41) is 3.27. The Morgan fingerprint density at radius 1 is 1.18 bits per heavy atom. The molecule has 3 aromatic rings. The molecule has 1 fully saturated rings. The monoisotopic (exact) mass is 440 g/mol. The van der Waals surface area contributed by atoms with Crippen molar-refractivity contribution in [2.75, 3.05) is 13.1 Å². The number of piperidine rings is 1. The third kappa shape index (κ3) is 2.63. The van der Waals surface area contributed by atoms with Crippen LogP contribution in [0, 0.1) is 0 Å². The first kappa shape index (κ1) is 17.4. The zero-order chi connectivity index (χ0) is 19.3.